The molecule has 0 aliphatic carbocycles. The van der Waals surface area contributed by atoms with Gasteiger partial charge < -0.3 is 30.3 Å². The van der Waals surface area contributed by atoms with E-state index >= 15 is 0 Å². The predicted molar refractivity (Wildman–Crippen MR) is 36.5 cm³/mol. The van der Waals surface area contributed by atoms with E-state index in [9.17, 15) is 4.79 Å². The minimum atomic E-state index is -1.81. The van der Waals surface area contributed by atoms with Crippen molar-refractivity contribution in [2.45, 2.75) is 30.7 Å². The van der Waals surface area contributed by atoms with Crippen molar-refractivity contribution in [1.29, 1.82) is 0 Å². The third-order valence-corrected chi connectivity index (χ3v) is 1.83. The number of aliphatic carboxylic acids is 1. The molecule has 1 fully saturated rings. The van der Waals surface area contributed by atoms with Crippen molar-refractivity contribution in [3.63, 3.8) is 0 Å². The molecule has 5 atom stereocenters. The van der Waals surface area contributed by atoms with E-state index in [0.29, 0.717) is 0 Å². The fraction of sp³-hybridized carbons (Fsp3) is 0.833. The van der Waals surface area contributed by atoms with E-state index in [0.717, 1.165) is 0 Å². The summed E-state index contributed by atoms with van der Waals surface area (Å²) in [5, 5.41) is 44.4. The fourth-order valence-electron chi connectivity index (χ4n) is 1.07. The number of hydrogen-bond acceptors (Lipinski definition) is 6. The van der Waals surface area contributed by atoms with Gasteiger partial charge in [0.25, 0.3) is 0 Å². The van der Waals surface area contributed by atoms with Crippen molar-refractivity contribution in [2.24, 2.45) is 0 Å². The van der Waals surface area contributed by atoms with E-state index in [2.05, 4.69) is 4.74 Å². The maximum atomic E-state index is 10.4. The van der Waals surface area contributed by atoms with Gasteiger partial charge in [0.1, 0.15) is 18.3 Å². The number of carbonyl (C=O) groups is 1. The highest BCUT2D eigenvalue weighted by Crippen LogP contribution is 2.19. The monoisotopic (exact) mass is 194 g/mol. The average molecular weight is 194 g/mol. The van der Waals surface area contributed by atoms with Crippen LogP contribution in [0.5, 0.6) is 0 Å². The molecule has 0 bridgehead atoms. The Kier molecular flexibility index (Phi) is 2.84. The van der Waals surface area contributed by atoms with E-state index in [-0.39, 0.29) is 0 Å². The van der Waals surface area contributed by atoms with Crippen LogP contribution < -0.4 is 0 Å². The van der Waals surface area contributed by atoms with Crippen LogP contribution in [0.15, 0.2) is 0 Å². The SMILES string of the molecule is O=C(O)[C@H]1OC(O)[C@H](O)C(O)C1O. The van der Waals surface area contributed by atoms with Gasteiger partial charge in [0.15, 0.2) is 12.4 Å². The lowest BCUT2D eigenvalue weighted by molar-refractivity contribution is -0.279. The zero-order valence-corrected chi connectivity index (χ0v) is 6.44. The smallest absolute Gasteiger partial charge is 0.335 e. The third-order valence-electron chi connectivity index (χ3n) is 1.83. The van der Waals surface area contributed by atoms with Crippen LogP contribution in [0, 0.1) is 0 Å². The number of carboxylic acids is 1. The highest BCUT2D eigenvalue weighted by Gasteiger charge is 2.46. The van der Waals surface area contributed by atoms with Gasteiger partial charge in [0, 0.05) is 0 Å². The first-order valence-corrected chi connectivity index (χ1v) is 3.55. The van der Waals surface area contributed by atoms with Crippen molar-refractivity contribution >= 4 is 5.97 Å². The quantitative estimate of drug-likeness (QED) is 0.298. The Morgan fingerprint density at radius 2 is 1.54 bits per heavy atom. The maximum Gasteiger partial charge on any atom is 0.335 e. The Morgan fingerprint density at radius 3 is 2.00 bits per heavy atom. The van der Waals surface area contributed by atoms with Crippen molar-refractivity contribution in [3.05, 3.63) is 0 Å². The van der Waals surface area contributed by atoms with Gasteiger partial charge in [0.2, 0.25) is 0 Å². The molecule has 7 nitrogen and oxygen atoms in total. The van der Waals surface area contributed by atoms with Gasteiger partial charge >= 0.3 is 5.97 Å². The van der Waals surface area contributed by atoms with Crippen LogP contribution in [-0.2, 0) is 9.53 Å². The number of aliphatic hydroxyl groups is 4. The van der Waals surface area contributed by atoms with Crippen molar-refractivity contribution in [2.75, 3.05) is 0 Å². The number of hydrogen-bond donors (Lipinski definition) is 5. The second-order valence-electron chi connectivity index (χ2n) is 2.76. The summed E-state index contributed by atoms with van der Waals surface area (Å²) >= 11 is 0. The Bertz CT molecular complexity index is 205. The largest absolute Gasteiger partial charge is 0.479 e. The summed E-state index contributed by atoms with van der Waals surface area (Å²) in [6.07, 6.45) is -8.72. The van der Waals surface area contributed by atoms with Crippen LogP contribution in [-0.4, -0.2) is 62.2 Å². The molecule has 1 aliphatic rings. The maximum absolute atomic E-state index is 10.4. The van der Waals surface area contributed by atoms with Gasteiger partial charge in [0.05, 0.1) is 0 Å². The summed E-state index contributed by atoms with van der Waals surface area (Å²) < 4.78 is 4.34. The Morgan fingerprint density at radius 1 is 1.00 bits per heavy atom. The van der Waals surface area contributed by atoms with E-state index in [1.54, 1.807) is 0 Å². The van der Waals surface area contributed by atoms with E-state index < -0.39 is 36.7 Å². The predicted octanol–water partition coefficient (Wildman–Crippen LogP) is -3.13. The Hall–Kier alpha value is -0.730. The molecule has 5 N–H and O–H groups in total. The van der Waals surface area contributed by atoms with Crippen LogP contribution in [0.25, 0.3) is 0 Å². The standard InChI is InChI=1S/C6H10O7/c7-1-2(8)4(5(10)11)13-6(12)3(1)9/h1-4,6-9,12H,(H,10,11)/t1?,2?,3-,4+,6?/m1/s1. The molecule has 0 radical (unpaired) electrons. The summed E-state index contributed by atoms with van der Waals surface area (Å²) in [5.41, 5.74) is 0. The summed E-state index contributed by atoms with van der Waals surface area (Å²) in [5.74, 6) is -1.52. The molecule has 1 saturated heterocycles. The summed E-state index contributed by atoms with van der Waals surface area (Å²) in [6.45, 7) is 0. The van der Waals surface area contributed by atoms with Gasteiger partial charge in [-0.05, 0) is 0 Å². The molecule has 76 valence electrons. The molecular weight excluding hydrogens is 184 g/mol. The minimum absolute atomic E-state index is 1.52. The number of ether oxygens (including phenoxy) is 1. The normalized spacial score (nSPS) is 46.0. The molecular formula is C6H10O7. The molecule has 7 heteroatoms. The van der Waals surface area contributed by atoms with Crippen LogP contribution in [0.1, 0.15) is 0 Å². The van der Waals surface area contributed by atoms with Crippen molar-refractivity contribution in [3.8, 4) is 0 Å². The van der Waals surface area contributed by atoms with E-state index in [1.807, 2.05) is 0 Å². The Balaban J connectivity index is 2.76. The second-order valence-corrected chi connectivity index (χ2v) is 2.76. The van der Waals surface area contributed by atoms with Crippen LogP contribution in [0.3, 0.4) is 0 Å². The molecule has 0 amide bonds. The van der Waals surface area contributed by atoms with Gasteiger partial charge in [-0.25, -0.2) is 4.79 Å². The van der Waals surface area contributed by atoms with Gasteiger partial charge in [-0.1, -0.05) is 0 Å². The number of aliphatic hydroxyl groups excluding tert-OH is 4. The molecule has 3 unspecified atom stereocenters. The van der Waals surface area contributed by atoms with Crippen molar-refractivity contribution < 1.29 is 35.1 Å². The lowest BCUT2D eigenvalue weighted by Gasteiger charge is -2.36. The third kappa shape index (κ3) is 1.79. The molecule has 1 heterocycles. The van der Waals surface area contributed by atoms with Crippen LogP contribution in [0.4, 0.5) is 0 Å². The first-order valence-electron chi connectivity index (χ1n) is 3.55. The highest BCUT2D eigenvalue weighted by molar-refractivity contribution is 5.73. The lowest BCUT2D eigenvalue weighted by Crippen LogP contribution is -2.59. The molecule has 1 rings (SSSR count). The van der Waals surface area contributed by atoms with Gasteiger partial charge in [-0.3, -0.25) is 0 Å². The molecule has 13 heavy (non-hydrogen) atoms. The molecule has 1 aliphatic heterocycles. The summed E-state index contributed by atoms with van der Waals surface area (Å²) in [7, 11) is 0. The average Bonchev–Trinajstić information content (AvgIpc) is 2.07. The van der Waals surface area contributed by atoms with Crippen LogP contribution >= 0.6 is 0 Å². The topological polar surface area (TPSA) is 127 Å². The highest BCUT2D eigenvalue weighted by atomic mass is 16.6. The second kappa shape index (κ2) is 3.56. The molecule has 0 aromatic rings. The van der Waals surface area contributed by atoms with E-state index in [1.165, 1.54) is 0 Å². The zero-order valence-electron chi connectivity index (χ0n) is 6.44. The number of rotatable bonds is 1. The molecule has 0 spiro atoms. The molecule has 0 aromatic carbocycles. The minimum Gasteiger partial charge on any atom is -0.479 e. The van der Waals surface area contributed by atoms with Crippen LogP contribution in [0.2, 0.25) is 0 Å². The first kappa shape index (κ1) is 10.4. The summed E-state index contributed by atoms with van der Waals surface area (Å²) in [6, 6.07) is 0. The molecule has 0 saturated carbocycles. The lowest BCUT2D eigenvalue weighted by atomic mass is 9.99. The van der Waals surface area contributed by atoms with E-state index in [4.69, 9.17) is 25.5 Å². The summed E-state index contributed by atoms with van der Waals surface area (Å²) in [4.78, 5) is 10.4. The fourth-order valence-corrected chi connectivity index (χ4v) is 1.07. The first-order chi connectivity index (χ1) is 5.95. The van der Waals surface area contributed by atoms with Crippen molar-refractivity contribution in [1.82, 2.24) is 0 Å². The molecule has 0 aromatic heterocycles. The van der Waals surface area contributed by atoms with Gasteiger partial charge in [-0.2, -0.15) is 0 Å². The van der Waals surface area contributed by atoms with Gasteiger partial charge in [-0.15, -0.1) is 0 Å². The Labute approximate surface area is 72.8 Å². The zero-order chi connectivity index (χ0) is 10.2. The number of carboxylic acid groups (broad SMARTS) is 1.